The quantitative estimate of drug-likeness (QED) is 0.809. The Hall–Kier alpha value is -1.06. The second kappa shape index (κ2) is 7.39. The fraction of sp³-hybridized carbons (Fsp3) is 0.600. The van der Waals surface area contributed by atoms with Crippen molar-refractivity contribution in [3.8, 4) is 5.75 Å². The van der Waals surface area contributed by atoms with E-state index in [9.17, 15) is 5.11 Å². The summed E-state index contributed by atoms with van der Waals surface area (Å²) in [5, 5.41) is 10.3. The molecule has 2 unspecified atom stereocenters. The molecule has 0 amide bonds. The smallest absolute Gasteiger partial charge is 0.120 e. The van der Waals surface area contributed by atoms with Crippen LogP contribution in [0.2, 0.25) is 0 Å². The third kappa shape index (κ3) is 4.31. The van der Waals surface area contributed by atoms with E-state index in [1.807, 2.05) is 52.0 Å². The Kier molecular flexibility index (Phi) is 6.16. The van der Waals surface area contributed by atoms with Gasteiger partial charge in [0.1, 0.15) is 11.9 Å². The molecular weight excluding hydrogens is 228 g/mol. The number of ether oxygens (including phenoxy) is 2. The van der Waals surface area contributed by atoms with Crippen LogP contribution in [0.15, 0.2) is 24.3 Å². The largest absolute Gasteiger partial charge is 0.491 e. The van der Waals surface area contributed by atoms with Gasteiger partial charge in [0.25, 0.3) is 0 Å². The standard InChI is InChI=1S/C15H24O3/c1-5-14(17-6-2)15(16)12-8-7-9-13(10-12)18-11(3)4/h7-11,14-16H,5-6H2,1-4H3. The molecule has 0 aliphatic carbocycles. The van der Waals surface area contributed by atoms with Crippen LogP contribution < -0.4 is 4.74 Å². The molecule has 1 rings (SSSR count). The minimum Gasteiger partial charge on any atom is -0.491 e. The van der Waals surface area contributed by atoms with Crippen LogP contribution in [0.5, 0.6) is 5.75 Å². The van der Waals surface area contributed by atoms with Crippen molar-refractivity contribution in [1.29, 1.82) is 0 Å². The maximum Gasteiger partial charge on any atom is 0.120 e. The molecule has 0 fully saturated rings. The van der Waals surface area contributed by atoms with Gasteiger partial charge in [0.05, 0.1) is 12.2 Å². The van der Waals surface area contributed by atoms with Gasteiger partial charge in [-0.05, 0) is 44.9 Å². The van der Waals surface area contributed by atoms with E-state index in [4.69, 9.17) is 9.47 Å². The third-order valence-electron chi connectivity index (χ3n) is 2.71. The van der Waals surface area contributed by atoms with E-state index in [0.29, 0.717) is 6.61 Å². The molecule has 0 heterocycles. The van der Waals surface area contributed by atoms with E-state index in [0.717, 1.165) is 17.7 Å². The number of aliphatic hydroxyl groups is 1. The van der Waals surface area contributed by atoms with Crippen LogP contribution in [-0.4, -0.2) is 23.9 Å². The van der Waals surface area contributed by atoms with E-state index in [2.05, 4.69) is 0 Å². The van der Waals surface area contributed by atoms with Crippen LogP contribution in [-0.2, 0) is 4.74 Å². The van der Waals surface area contributed by atoms with Crippen LogP contribution in [0.25, 0.3) is 0 Å². The highest BCUT2D eigenvalue weighted by molar-refractivity contribution is 5.30. The fourth-order valence-corrected chi connectivity index (χ4v) is 1.90. The van der Waals surface area contributed by atoms with Crippen LogP contribution in [0.3, 0.4) is 0 Å². The second-order valence-electron chi connectivity index (χ2n) is 4.59. The van der Waals surface area contributed by atoms with Crippen molar-refractivity contribution in [1.82, 2.24) is 0 Å². The number of hydrogen-bond acceptors (Lipinski definition) is 3. The monoisotopic (exact) mass is 252 g/mol. The lowest BCUT2D eigenvalue weighted by Gasteiger charge is -2.22. The van der Waals surface area contributed by atoms with Crippen LogP contribution in [0.4, 0.5) is 0 Å². The predicted molar refractivity (Wildman–Crippen MR) is 72.9 cm³/mol. The predicted octanol–water partition coefficient (Wildman–Crippen LogP) is 3.32. The first-order valence-corrected chi connectivity index (χ1v) is 6.64. The summed E-state index contributed by atoms with van der Waals surface area (Å²) in [5.74, 6) is 0.785. The van der Waals surface area contributed by atoms with Gasteiger partial charge < -0.3 is 14.6 Å². The van der Waals surface area contributed by atoms with E-state index in [1.165, 1.54) is 0 Å². The highest BCUT2D eigenvalue weighted by atomic mass is 16.5. The summed E-state index contributed by atoms with van der Waals surface area (Å²) in [6.07, 6.45) is 0.144. The molecule has 0 aliphatic heterocycles. The van der Waals surface area contributed by atoms with Gasteiger partial charge in [-0.25, -0.2) is 0 Å². The molecule has 0 aromatic heterocycles. The minimum absolute atomic E-state index is 0.131. The lowest BCUT2D eigenvalue weighted by Crippen LogP contribution is -2.21. The molecule has 2 atom stereocenters. The summed E-state index contributed by atoms with van der Waals surface area (Å²) in [5.41, 5.74) is 0.841. The molecule has 0 saturated carbocycles. The third-order valence-corrected chi connectivity index (χ3v) is 2.71. The van der Waals surface area contributed by atoms with E-state index in [1.54, 1.807) is 0 Å². The Balaban J connectivity index is 2.81. The van der Waals surface area contributed by atoms with Gasteiger partial charge in [-0.1, -0.05) is 19.1 Å². The molecule has 102 valence electrons. The van der Waals surface area contributed by atoms with Crippen molar-refractivity contribution in [2.45, 2.75) is 52.4 Å². The highest BCUT2D eigenvalue weighted by Crippen LogP contribution is 2.25. The summed E-state index contributed by atoms with van der Waals surface area (Å²) < 4.78 is 11.2. The summed E-state index contributed by atoms with van der Waals surface area (Å²) >= 11 is 0. The Bertz CT molecular complexity index is 349. The molecule has 0 bridgehead atoms. The SMILES string of the molecule is CCOC(CC)C(O)c1cccc(OC(C)C)c1. The van der Waals surface area contributed by atoms with Gasteiger partial charge in [0.15, 0.2) is 0 Å². The first-order chi connectivity index (χ1) is 8.58. The average Bonchev–Trinajstić information content (AvgIpc) is 2.34. The molecule has 3 nitrogen and oxygen atoms in total. The normalized spacial score (nSPS) is 14.6. The number of benzene rings is 1. The number of rotatable bonds is 7. The van der Waals surface area contributed by atoms with Gasteiger partial charge in [0, 0.05) is 6.61 Å². The molecular formula is C15H24O3. The molecule has 1 N–H and O–H groups in total. The van der Waals surface area contributed by atoms with Crippen LogP contribution in [0.1, 0.15) is 45.8 Å². The Morgan fingerprint density at radius 1 is 1.22 bits per heavy atom. The summed E-state index contributed by atoms with van der Waals surface area (Å²) in [4.78, 5) is 0. The van der Waals surface area contributed by atoms with Crippen molar-refractivity contribution >= 4 is 0 Å². The summed E-state index contributed by atoms with van der Waals surface area (Å²) in [7, 11) is 0. The Morgan fingerprint density at radius 3 is 2.50 bits per heavy atom. The Morgan fingerprint density at radius 2 is 1.94 bits per heavy atom. The molecule has 0 radical (unpaired) electrons. The van der Waals surface area contributed by atoms with Crippen molar-refractivity contribution < 1.29 is 14.6 Å². The fourth-order valence-electron chi connectivity index (χ4n) is 1.90. The second-order valence-corrected chi connectivity index (χ2v) is 4.59. The number of aliphatic hydroxyl groups excluding tert-OH is 1. The van der Waals surface area contributed by atoms with Gasteiger partial charge in [-0.3, -0.25) is 0 Å². The van der Waals surface area contributed by atoms with Crippen molar-refractivity contribution in [3.05, 3.63) is 29.8 Å². The maximum absolute atomic E-state index is 10.3. The highest BCUT2D eigenvalue weighted by Gasteiger charge is 2.19. The molecule has 3 heteroatoms. The lowest BCUT2D eigenvalue weighted by molar-refractivity contribution is -0.0356. The van der Waals surface area contributed by atoms with Crippen molar-refractivity contribution in [2.24, 2.45) is 0 Å². The van der Waals surface area contributed by atoms with Gasteiger partial charge in [0.2, 0.25) is 0 Å². The molecule has 0 saturated heterocycles. The van der Waals surface area contributed by atoms with Crippen LogP contribution >= 0.6 is 0 Å². The average molecular weight is 252 g/mol. The number of hydrogen-bond donors (Lipinski definition) is 1. The Labute approximate surface area is 110 Å². The molecule has 1 aromatic rings. The maximum atomic E-state index is 10.3. The zero-order chi connectivity index (χ0) is 13.5. The molecule has 1 aromatic carbocycles. The van der Waals surface area contributed by atoms with Gasteiger partial charge in [-0.2, -0.15) is 0 Å². The molecule has 0 aliphatic rings. The summed E-state index contributed by atoms with van der Waals surface area (Å²) in [6, 6.07) is 7.58. The zero-order valence-electron chi connectivity index (χ0n) is 11.7. The van der Waals surface area contributed by atoms with Gasteiger partial charge >= 0.3 is 0 Å². The van der Waals surface area contributed by atoms with E-state index >= 15 is 0 Å². The molecule has 0 spiro atoms. The first-order valence-electron chi connectivity index (χ1n) is 6.64. The topological polar surface area (TPSA) is 38.7 Å². The summed E-state index contributed by atoms with van der Waals surface area (Å²) in [6.45, 7) is 8.53. The van der Waals surface area contributed by atoms with Crippen molar-refractivity contribution in [2.75, 3.05) is 6.61 Å². The zero-order valence-corrected chi connectivity index (χ0v) is 11.7. The van der Waals surface area contributed by atoms with E-state index < -0.39 is 6.10 Å². The van der Waals surface area contributed by atoms with Crippen molar-refractivity contribution in [3.63, 3.8) is 0 Å². The van der Waals surface area contributed by atoms with Gasteiger partial charge in [-0.15, -0.1) is 0 Å². The first kappa shape index (κ1) is 15.0. The van der Waals surface area contributed by atoms with Crippen LogP contribution in [0, 0.1) is 0 Å². The molecule has 18 heavy (non-hydrogen) atoms. The van der Waals surface area contributed by atoms with E-state index in [-0.39, 0.29) is 12.2 Å². The minimum atomic E-state index is -0.606. The lowest BCUT2D eigenvalue weighted by atomic mass is 10.0.